The molecule has 0 amide bonds. The van der Waals surface area contributed by atoms with Crippen molar-refractivity contribution in [3.63, 3.8) is 0 Å². The maximum absolute atomic E-state index is 5.32. The van der Waals surface area contributed by atoms with Gasteiger partial charge in [-0.25, -0.2) is 0 Å². The van der Waals surface area contributed by atoms with E-state index in [2.05, 4.69) is 44.0 Å². The largest absolute Gasteiger partial charge is 0.493 e. The normalized spacial score (nSPS) is 11.5. The van der Waals surface area contributed by atoms with Crippen LogP contribution in [0.1, 0.15) is 33.3 Å². The standard InChI is InChI=1S/C17H30N2O2/c1-13(2)19(14(3)4)10-9-18-12-15-7-8-16(20-5)17(11-15)21-6/h7-8,11,13-14,18H,9-10,12H2,1-6H3. The Morgan fingerprint density at radius 1 is 1.00 bits per heavy atom. The van der Waals surface area contributed by atoms with Crippen LogP contribution in [0.2, 0.25) is 0 Å². The van der Waals surface area contributed by atoms with Gasteiger partial charge in [0.2, 0.25) is 0 Å². The molecule has 4 heteroatoms. The molecule has 1 aromatic carbocycles. The lowest BCUT2D eigenvalue weighted by Crippen LogP contribution is -2.41. The molecule has 1 N–H and O–H groups in total. The van der Waals surface area contributed by atoms with Crippen LogP contribution in [-0.4, -0.2) is 44.3 Å². The third-order valence-electron chi connectivity index (χ3n) is 3.65. The Balaban J connectivity index is 2.45. The van der Waals surface area contributed by atoms with Gasteiger partial charge < -0.3 is 14.8 Å². The first kappa shape index (κ1) is 17.8. The molecule has 120 valence electrons. The Hall–Kier alpha value is -1.26. The average Bonchev–Trinajstić information content (AvgIpc) is 2.45. The molecule has 0 bridgehead atoms. The van der Waals surface area contributed by atoms with Crippen molar-refractivity contribution < 1.29 is 9.47 Å². The molecule has 0 saturated heterocycles. The quantitative estimate of drug-likeness (QED) is 0.710. The lowest BCUT2D eigenvalue weighted by atomic mass is 10.2. The highest BCUT2D eigenvalue weighted by atomic mass is 16.5. The van der Waals surface area contributed by atoms with Gasteiger partial charge in [0.25, 0.3) is 0 Å². The van der Waals surface area contributed by atoms with E-state index in [0.717, 1.165) is 31.1 Å². The summed E-state index contributed by atoms with van der Waals surface area (Å²) in [7, 11) is 3.32. The van der Waals surface area contributed by atoms with Crippen LogP contribution in [0.3, 0.4) is 0 Å². The molecule has 0 aliphatic heterocycles. The van der Waals surface area contributed by atoms with E-state index in [4.69, 9.17) is 9.47 Å². The van der Waals surface area contributed by atoms with Crippen molar-refractivity contribution in [1.29, 1.82) is 0 Å². The van der Waals surface area contributed by atoms with Gasteiger partial charge in [-0.05, 0) is 45.4 Å². The molecule has 0 heterocycles. The van der Waals surface area contributed by atoms with Gasteiger partial charge in [-0.15, -0.1) is 0 Å². The van der Waals surface area contributed by atoms with Crippen LogP contribution >= 0.6 is 0 Å². The fraction of sp³-hybridized carbons (Fsp3) is 0.647. The summed E-state index contributed by atoms with van der Waals surface area (Å²) in [6.45, 7) is 11.9. The zero-order valence-electron chi connectivity index (χ0n) is 14.3. The van der Waals surface area contributed by atoms with E-state index in [1.807, 2.05) is 12.1 Å². The Morgan fingerprint density at radius 3 is 2.14 bits per heavy atom. The first-order chi connectivity index (χ1) is 9.99. The summed E-state index contributed by atoms with van der Waals surface area (Å²) in [5.74, 6) is 1.55. The SMILES string of the molecule is COc1ccc(CNCCN(C(C)C)C(C)C)cc1OC. The lowest BCUT2D eigenvalue weighted by Gasteiger charge is -2.30. The van der Waals surface area contributed by atoms with E-state index in [1.165, 1.54) is 5.56 Å². The van der Waals surface area contributed by atoms with E-state index in [9.17, 15) is 0 Å². The molecule has 0 unspecified atom stereocenters. The first-order valence-electron chi connectivity index (χ1n) is 7.67. The fourth-order valence-electron chi connectivity index (χ4n) is 2.54. The minimum absolute atomic E-state index is 0.577. The molecule has 0 atom stereocenters. The molecular weight excluding hydrogens is 264 g/mol. The predicted octanol–water partition coefficient (Wildman–Crippen LogP) is 2.91. The van der Waals surface area contributed by atoms with Crippen molar-refractivity contribution in [3.8, 4) is 11.5 Å². The summed E-state index contributed by atoms with van der Waals surface area (Å²) < 4.78 is 10.6. The van der Waals surface area contributed by atoms with Gasteiger partial charge in [0.1, 0.15) is 0 Å². The highest BCUT2D eigenvalue weighted by molar-refractivity contribution is 5.42. The summed E-state index contributed by atoms with van der Waals surface area (Å²) >= 11 is 0. The van der Waals surface area contributed by atoms with Crippen LogP contribution in [0, 0.1) is 0 Å². The van der Waals surface area contributed by atoms with Gasteiger partial charge in [0.15, 0.2) is 11.5 Å². The molecule has 0 radical (unpaired) electrons. The van der Waals surface area contributed by atoms with Gasteiger partial charge in [0.05, 0.1) is 14.2 Å². The van der Waals surface area contributed by atoms with Crippen molar-refractivity contribution in [2.24, 2.45) is 0 Å². The van der Waals surface area contributed by atoms with Crippen LogP contribution in [0.5, 0.6) is 11.5 Å². The topological polar surface area (TPSA) is 33.7 Å². The van der Waals surface area contributed by atoms with Crippen molar-refractivity contribution in [1.82, 2.24) is 10.2 Å². The Kier molecular flexibility index (Phi) is 7.54. The van der Waals surface area contributed by atoms with Gasteiger partial charge >= 0.3 is 0 Å². The van der Waals surface area contributed by atoms with Crippen molar-refractivity contribution in [2.45, 2.75) is 46.3 Å². The third kappa shape index (κ3) is 5.56. The second-order valence-corrected chi connectivity index (χ2v) is 5.79. The highest BCUT2D eigenvalue weighted by Gasteiger charge is 2.12. The summed E-state index contributed by atoms with van der Waals surface area (Å²) in [6.07, 6.45) is 0. The van der Waals surface area contributed by atoms with E-state index >= 15 is 0 Å². The predicted molar refractivity (Wildman–Crippen MR) is 88.2 cm³/mol. The number of nitrogens with zero attached hydrogens (tertiary/aromatic N) is 1. The average molecular weight is 294 g/mol. The fourth-order valence-corrected chi connectivity index (χ4v) is 2.54. The summed E-state index contributed by atoms with van der Waals surface area (Å²) in [4.78, 5) is 2.49. The van der Waals surface area contributed by atoms with E-state index in [1.54, 1.807) is 14.2 Å². The Morgan fingerprint density at radius 2 is 1.62 bits per heavy atom. The second-order valence-electron chi connectivity index (χ2n) is 5.79. The summed E-state index contributed by atoms with van der Waals surface area (Å²) in [6, 6.07) is 7.19. The lowest BCUT2D eigenvalue weighted by molar-refractivity contribution is 0.176. The number of nitrogens with one attached hydrogen (secondary N) is 1. The molecule has 0 fully saturated rings. The molecule has 0 aliphatic rings. The molecule has 0 saturated carbocycles. The molecular formula is C17H30N2O2. The van der Waals surface area contributed by atoms with Gasteiger partial charge in [0, 0.05) is 31.7 Å². The zero-order chi connectivity index (χ0) is 15.8. The molecule has 1 rings (SSSR count). The van der Waals surface area contributed by atoms with E-state index < -0.39 is 0 Å². The number of benzene rings is 1. The highest BCUT2D eigenvalue weighted by Crippen LogP contribution is 2.27. The number of hydrogen-bond acceptors (Lipinski definition) is 4. The van der Waals surface area contributed by atoms with Crippen molar-refractivity contribution >= 4 is 0 Å². The minimum atomic E-state index is 0.577. The maximum atomic E-state index is 5.32. The van der Waals surface area contributed by atoms with Gasteiger partial charge in [-0.1, -0.05) is 6.07 Å². The van der Waals surface area contributed by atoms with E-state index in [0.29, 0.717) is 12.1 Å². The molecule has 0 aliphatic carbocycles. The van der Waals surface area contributed by atoms with Crippen molar-refractivity contribution in [2.75, 3.05) is 27.3 Å². The number of ether oxygens (including phenoxy) is 2. The van der Waals surface area contributed by atoms with E-state index in [-0.39, 0.29) is 0 Å². The van der Waals surface area contributed by atoms with Crippen LogP contribution in [0.4, 0.5) is 0 Å². The first-order valence-corrected chi connectivity index (χ1v) is 7.67. The molecule has 1 aromatic rings. The smallest absolute Gasteiger partial charge is 0.161 e. The molecule has 4 nitrogen and oxygen atoms in total. The number of rotatable bonds is 9. The Labute approximate surface area is 129 Å². The maximum Gasteiger partial charge on any atom is 0.161 e. The minimum Gasteiger partial charge on any atom is -0.493 e. The van der Waals surface area contributed by atoms with Crippen molar-refractivity contribution in [3.05, 3.63) is 23.8 Å². The zero-order valence-corrected chi connectivity index (χ0v) is 14.3. The van der Waals surface area contributed by atoms with Crippen LogP contribution in [0.25, 0.3) is 0 Å². The second kappa shape index (κ2) is 8.90. The summed E-state index contributed by atoms with van der Waals surface area (Å²) in [5, 5.41) is 3.49. The van der Waals surface area contributed by atoms with Gasteiger partial charge in [-0.2, -0.15) is 0 Å². The Bertz CT molecular complexity index is 411. The van der Waals surface area contributed by atoms with Crippen LogP contribution < -0.4 is 14.8 Å². The molecule has 0 aromatic heterocycles. The summed E-state index contributed by atoms with van der Waals surface area (Å²) in [5.41, 5.74) is 1.20. The molecule has 21 heavy (non-hydrogen) atoms. The number of hydrogen-bond donors (Lipinski definition) is 1. The third-order valence-corrected chi connectivity index (χ3v) is 3.65. The van der Waals surface area contributed by atoms with Crippen LogP contribution in [-0.2, 0) is 6.54 Å². The number of methoxy groups -OCH3 is 2. The monoisotopic (exact) mass is 294 g/mol. The molecule has 0 spiro atoms. The van der Waals surface area contributed by atoms with Gasteiger partial charge in [-0.3, -0.25) is 4.90 Å². The van der Waals surface area contributed by atoms with Crippen LogP contribution in [0.15, 0.2) is 18.2 Å².